The molecule has 17 heavy (non-hydrogen) atoms. The lowest BCUT2D eigenvalue weighted by Crippen LogP contribution is -2.42. The highest BCUT2D eigenvalue weighted by molar-refractivity contribution is 4.83. The molecule has 0 radical (unpaired) electrons. The van der Waals surface area contributed by atoms with Crippen LogP contribution in [0, 0.1) is 17.8 Å². The van der Waals surface area contributed by atoms with E-state index in [1.165, 1.54) is 64.6 Å². The van der Waals surface area contributed by atoms with Gasteiger partial charge < -0.3 is 10.6 Å². The summed E-state index contributed by atoms with van der Waals surface area (Å²) in [7, 11) is 0. The molecule has 0 aromatic rings. The molecule has 2 N–H and O–H groups in total. The van der Waals surface area contributed by atoms with Gasteiger partial charge in [-0.25, -0.2) is 0 Å². The molecule has 2 nitrogen and oxygen atoms in total. The topological polar surface area (TPSA) is 29.3 Å². The lowest BCUT2D eigenvalue weighted by Gasteiger charge is -2.41. The molecule has 2 aliphatic rings. The van der Waals surface area contributed by atoms with E-state index in [1.807, 2.05) is 0 Å². The second-order valence-corrected chi connectivity index (χ2v) is 6.19. The van der Waals surface area contributed by atoms with Gasteiger partial charge in [-0.05, 0) is 56.7 Å². The maximum atomic E-state index is 5.79. The minimum absolute atomic E-state index is 0.749. The number of piperidine rings is 1. The van der Waals surface area contributed by atoms with E-state index in [4.69, 9.17) is 5.73 Å². The Balaban J connectivity index is 1.72. The van der Waals surface area contributed by atoms with Crippen molar-refractivity contribution in [3.63, 3.8) is 0 Å². The van der Waals surface area contributed by atoms with E-state index < -0.39 is 0 Å². The molecule has 100 valence electrons. The Morgan fingerprint density at radius 3 is 2.65 bits per heavy atom. The van der Waals surface area contributed by atoms with Gasteiger partial charge >= 0.3 is 0 Å². The van der Waals surface area contributed by atoms with Crippen LogP contribution in [0.1, 0.15) is 51.9 Å². The van der Waals surface area contributed by atoms with Gasteiger partial charge in [0.05, 0.1) is 0 Å². The Bertz CT molecular complexity index is 213. The van der Waals surface area contributed by atoms with Crippen LogP contribution in [-0.2, 0) is 0 Å². The minimum atomic E-state index is 0.749. The van der Waals surface area contributed by atoms with Crippen molar-refractivity contribution >= 4 is 0 Å². The van der Waals surface area contributed by atoms with E-state index in [1.54, 1.807) is 0 Å². The summed E-state index contributed by atoms with van der Waals surface area (Å²) in [5, 5.41) is 0. The Kier molecular flexibility index (Phi) is 5.30. The van der Waals surface area contributed by atoms with Gasteiger partial charge in [-0.15, -0.1) is 0 Å². The lowest BCUT2D eigenvalue weighted by atomic mass is 9.75. The predicted octanol–water partition coefficient (Wildman–Crippen LogP) is 2.87. The van der Waals surface area contributed by atoms with Crippen molar-refractivity contribution < 1.29 is 0 Å². The smallest absolute Gasteiger partial charge is 0.00123 e. The third kappa shape index (κ3) is 3.69. The monoisotopic (exact) mass is 238 g/mol. The summed E-state index contributed by atoms with van der Waals surface area (Å²) in [6, 6.07) is 0. The van der Waals surface area contributed by atoms with Crippen LogP contribution >= 0.6 is 0 Å². The van der Waals surface area contributed by atoms with Crippen molar-refractivity contribution in [3.05, 3.63) is 0 Å². The number of nitrogens with two attached hydrogens (primary N) is 1. The van der Waals surface area contributed by atoms with Crippen molar-refractivity contribution in [2.45, 2.75) is 51.9 Å². The van der Waals surface area contributed by atoms with Crippen LogP contribution in [0.15, 0.2) is 0 Å². The van der Waals surface area contributed by atoms with Crippen molar-refractivity contribution in [2.75, 3.05) is 26.2 Å². The summed E-state index contributed by atoms with van der Waals surface area (Å²) >= 11 is 0. The zero-order valence-electron chi connectivity index (χ0n) is 11.5. The number of likely N-dealkylation sites (tertiary alicyclic amines) is 1. The number of hydrogen-bond acceptors (Lipinski definition) is 2. The summed E-state index contributed by atoms with van der Waals surface area (Å²) < 4.78 is 0. The normalized spacial score (nSPS) is 32.1. The quantitative estimate of drug-likeness (QED) is 0.798. The molecule has 0 aromatic carbocycles. The van der Waals surface area contributed by atoms with Crippen LogP contribution in [0.3, 0.4) is 0 Å². The Morgan fingerprint density at radius 2 is 1.94 bits per heavy atom. The Labute approximate surface area is 107 Å². The molecule has 3 atom stereocenters. The summed E-state index contributed by atoms with van der Waals surface area (Å²) in [6.45, 7) is 7.16. The van der Waals surface area contributed by atoms with Gasteiger partial charge in [-0.1, -0.05) is 32.6 Å². The summed E-state index contributed by atoms with van der Waals surface area (Å²) in [5.41, 5.74) is 5.79. The average Bonchev–Trinajstić information content (AvgIpc) is 2.40. The van der Waals surface area contributed by atoms with Crippen LogP contribution < -0.4 is 5.73 Å². The standard InChI is InChI=1S/C15H30N2/c1-2-13(11-16)7-9-17-10-8-14-5-3-4-6-15(14)12-17/h13-15H,2-12,16H2,1H3. The van der Waals surface area contributed by atoms with Crippen LogP contribution in [0.2, 0.25) is 0 Å². The highest BCUT2D eigenvalue weighted by atomic mass is 15.1. The van der Waals surface area contributed by atoms with Gasteiger partial charge in [0.1, 0.15) is 0 Å². The second kappa shape index (κ2) is 6.75. The summed E-state index contributed by atoms with van der Waals surface area (Å²) in [4.78, 5) is 2.71. The van der Waals surface area contributed by atoms with Crippen molar-refractivity contribution in [1.29, 1.82) is 0 Å². The summed E-state index contributed by atoms with van der Waals surface area (Å²) in [5.74, 6) is 2.84. The van der Waals surface area contributed by atoms with E-state index in [9.17, 15) is 0 Å². The molecule has 0 spiro atoms. The number of nitrogens with zero attached hydrogens (tertiary/aromatic N) is 1. The maximum Gasteiger partial charge on any atom is 0.00123 e. The third-order valence-electron chi connectivity index (χ3n) is 5.14. The van der Waals surface area contributed by atoms with Crippen LogP contribution in [-0.4, -0.2) is 31.1 Å². The van der Waals surface area contributed by atoms with Crippen molar-refractivity contribution in [1.82, 2.24) is 4.90 Å². The molecule has 0 amide bonds. The molecule has 2 rings (SSSR count). The highest BCUT2D eigenvalue weighted by Crippen LogP contribution is 2.36. The molecule has 2 heteroatoms. The second-order valence-electron chi connectivity index (χ2n) is 6.19. The minimum Gasteiger partial charge on any atom is -0.330 e. The van der Waals surface area contributed by atoms with Crippen LogP contribution in [0.4, 0.5) is 0 Å². The highest BCUT2D eigenvalue weighted by Gasteiger charge is 2.30. The molecule has 1 saturated heterocycles. The van der Waals surface area contributed by atoms with Crippen molar-refractivity contribution in [2.24, 2.45) is 23.5 Å². The predicted molar refractivity (Wildman–Crippen MR) is 74.0 cm³/mol. The van der Waals surface area contributed by atoms with Gasteiger partial charge in [0, 0.05) is 6.54 Å². The van der Waals surface area contributed by atoms with E-state index in [0.717, 1.165) is 24.3 Å². The zero-order valence-corrected chi connectivity index (χ0v) is 11.5. The van der Waals surface area contributed by atoms with E-state index in [-0.39, 0.29) is 0 Å². The van der Waals surface area contributed by atoms with Gasteiger partial charge in [0.15, 0.2) is 0 Å². The number of hydrogen-bond donors (Lipinski definition) is 1. The number of fused-ring (bicyclic) bond motifs is 1. The first kappa shape index (κ1) is 13.4. The first-order valence-corrected chi connectivity index (χ1v) is 7.76. The molecular formula is C15H30N2. The molecule has 3 unspecified atom stereocenters. The maximum absolute atomic E-state index is 5.79. The van der Waals surface area contributed by atoms with Crippen molar-refractivity contribution in [3.8, 4) is 0 Å². The summed E-state index contributed by atoms with van der Waals surface area (Å²) in [6.07, 6.45) is 10.0. The Hall–Kier alpha value is -0.0800. The fourth-order valence-corrected chi connectivity index (χ4v) is 3.73. The first-order chi connectivity index (χ1) is 8.33. The fourth-order valence-electron chi connectivity index (χ4n) is 3.73. The molecule has 0 aromatic heterocycles. The van der Waals surface area contributed by atoms with E-state index >= 15 is 0 Å². The third-order valence-corrected chi connectivity index (χ3v) is 5.14. The lowest BCUT2D eigenvalue weighted by molar-refractivity contribution is 0.0828. The number of rotatable bonds is 5. The largest absolute Gasteiger partial charge is 0.330 e. The molecule has 0 bridgehead atoms. The molecule has 2 fully saturated rings. The molecule has 1 saturated carbocycles. The SMILES string of the molecule is CCC(CN)CCN1CCC2CCCCC2C1. The molecule has 1 heterocycles. The first-order valence-electron chi connectivity index (χ1n) is 7.76. The van der Waals surface area contributed by atoms with E-state index in [0.29, 0.717) is 0 Å². The van der Waals surface area contributed by atoms with Crippen LogP contribution in [0.25, 0.3) is 0 Å². The van der Waals surface area contributed by atoms with Crippen LogP contribution in [0.5, 0.6) is 0 Å². The average molecular weight is 238 g/mol. The van der Waals surface area contributed by atoms with Gasteiger partial charge in [-0.3, -0.25) is 0 Å². The molecule has 1 aliphatic carbocycles. The van der Waals surface area contributed by atoms with Gasteiger partial charge in [0.2, 0.25) is 0 Å². The Morgan fingerprint density at radius 1 is 1.18 bits per heavy atom. The molecular weight excluding hydrogens is 208 g/mol. The van der Waals surface area contributed by atoms with Gasteiger partial charge in [-0.2, -0.15) is 0 Å². The molecule has 1 aliphatic heterocycles. The zero-order chi connectivity index (χ0) is 12.1. The fraction of sp³-hybridized carbons (Fsp3) is 1.00. The van der Waals surface area contributed by atoms with Gasteiger partial charge in [0.25, 0.3) is 0 Å². The van der Waals surface area contributed by atoms with E-state index in [2.05, 4.69) is 11.8 Å².